The molecule has 0 bridgehead atoms. The SMILES string of the molecule is O=C(O)C1CCCN(C(=O)c2ccccc2Oc2ccccc2)C1. The fourth-order valence-electron chi connectivity index (χ4n) is 2.88. The molecule has 0 spiro atoms. The molecular formula is C19H19NO4. The molecule has 5 heteroatoms. The molecule has 124 valence electrons. The van der Waals surface area contributed by atoms with Crippen LogP contribution in [-0.4, -0.2) is 35.0 Å². The van der Waals surface area contributed by atoms with Crippen molar-refractivity contribution in [1.82, 2.24) is 4.90 Å². The summed E-state index contributed by atoms with van der Waals surface area (Å²) >= 11 is 0. The third-order valence-corrected chi connectivity index (χ3v) is 4.15. The molecule has 2 aromatic carbocycles. The van der Waals surface area contributed by atoms with E-state index < -0.39 is 11.9 Å². The Kier molecular flexibility index (Phi) is 4.79. The maximum Gasteiger partial charge on any atom is 0.308 e. The fraction of sp³-hybridized carbons (Fsp3) is 0.263. The molecule has 0 aromatic heterocycles. The van der Waals surface area contributed by atoms with Crippen molar-refractivity contribution in [2.45, 2.75) is 12.8 Å². The first kappa shape index (κ1) is 16.1. The van der Waals surface area contributed by atoms with Gasteiger partial charge in [0.05, 0.1) is 11.5 Å². The van der Waals surface area contributed by atoms with Crippen LogP contribution in [0, 0.1) is 5.92 Å². The number of aliphatic carboxylic acids is 1. The van der Waals surface area contributed by atoms with Crippen molar-refractivity contribution in [3.05, 3.63) is 60.2 Å². The van der Waals surface area contributed by atoms with Crippen LogP contribution in [0.25, 0.3) is 0 Å². The molecule has 1 fully saturated rings. The first-order valence-corrected chi connectivity index (χ1v) is 7.99. The molecule has 1 N–H and O–H groups in total. The van der Waals surface area contributed by atoms with Gasteiger partial charge in [0, 0.05) is 13.1 Å². The van der Waals surface area contributed by atoms with Crippen molar-refractivity contribution >= 4 is 11.9 Å². The normalized spacial score (nSPS) is 17.3. The summed E-state index contributed by atoms with van der Waals surface area (Å²) in [7, 11) is 0. The first-order chi connectivity index (χ1) is 11.6. The highest BCUT2D eigenvalue weighted by Crippen LogP contribution is 2.27. The number of likely N-dealkylation sites (tertiary alicyclic amines) is 1. The Morgan fingerprint density at radius 1 is 1.04 bits per heavy atom. The van der Waals surface area contributed by atoms with Gasteiger partial charge < -0.3 is 14.7 Å². The number of nitrogens with zero attached hydrogens (tertiary/aromatic N) is 1. The molecule has 1 amide bonds. The molecule has 1 atom stereocenters. The monoisotopic (exact) mass is 325 g/mol. The molecule has 5 nitrogen and oxygen atoms in total. The number of hydrogen-bond acceptors (Lipinski definition) is 3. The number of carbonyl (C=O) groups is 2. The van der Waals surface area contributed by atoms with E-state index in [0.29, 0.717) is 36.4 Å². The Morgan fingerprint density at radius 3 is 2.50 bits per heavy atom. The number of piperidine rings is 1. The highest BCUT2D eigenvalue weighted by Gasteiger charge is 2.29. The average molecular weight is 325 g/mol. The van der Waals surface area contributed by atoms with E-state index in [1.54, 1.807) is 23.1 Å². The molecule has 1 aliphatic heterocycles. The standard InChI is InChI=1S/C19H19NO4/c21-18(20-12-6-7-14(13-20)19(22)23)16-10-4-5-11-17(16)24-15-8-2-1-3-9-15/h1-5,8-11,14H,6-7,12-13H2,(H,22,23). The zero-order chi connectivity index (χ0) is 16.9. The van der Waals surface area contributed by atoms with Gasteiger partial charge in [-0.05, 0) is 37.1 Å². The highest BCUT2D eigenvalue weighted by molar-refractivity contribution is 5.97. The predicted octanol–water partition coefficient (Wildman–Crippen LogP) is 3.42. The maximum atomic E-state index is 12.8. The van der Waals surface area contributed by atoms with Crippen LogP contribution in [0.4, 0.5) is 0 Å². The van der Waals surface area contributed by atoms with Gasteiger partial charge in [-0.3, -0.25) is 9.59 Å². The smallest absolute Gasteiger partial charge is 0.308 e. The third-order valence-electron chi connectivity index (χ3n) is 4.15. The van der Waals surface area contributed by atoms with Crippen LogP contribution in [0.2, 0.25) is 0 Å². The minimum absolute atomic E-state index is 0.188. The Balaban J connectivity index is 1.81. The van der Waals surface area contributed by atoms with Gasteiger partial charge in [-0.25, -0.2) is 0 Å². The molecule has 1 saturated heterocycles. The van der Waals surface area contributed by atoms with Gasteiger partial charge in [0.25, 0.3) is 5.91 Å². The number of carboxylic acid groups (broad SMARTS) is 1. The molecule has 1 aliphatic rings. The van der Waals surface area contributed by atoms with Crippen molar-refractivity contribution in [1.29, 1.82) is 0 Å². The second-order valence-electron chi connectivity index (χ2n) is 5.84. The molecule has 0 aliphatic carbocycles. The van der Waals surface area contributed by atoms with Gasteiger partial charge in [-0.15, -0.1) is 0 Å². The lowest BCUT2D eigenvalue weighted by atomic mass is 9.97. The minimum Gasteiger partial charge on any atom is -0.481 e. The summed E-state index contributed by atoms with van der Waals surface area (Å²) in [5.74, 6) is -0.398. The predicted molar refractivity (Wildman–Crippen MR) is 89.2 cm³/mol. The van der Waals surface area contributed by atoms with E-state index in [2.05, 4.69) is 0 Å². The van der Waals surface area contributed by atoms with Gasteiger partial charge in [0.15, 0.2) is 0 Å². The zero-order valence-corrected chi connectivity index (χ0v) is 13.2. The molecule has 1 unspecified atom stereocenters. The Labute approximate surface area is 140 Å². The molecule has 1 heterocycles. The zero-order valence-electron chi connectivity index (χ0n) is 13.2. The molecule has 3 rings (SSSR count). The fourth-order valence-corrected chi connectivity index (χ4v) is 2.88. The highest BCUT2D eigenvalue weighted by atomic mass is 16.5. The maximum absolute atomic E-state index is 12.8. The third kappa shape index (κ3) is 3.56. The number of ether oxygens (including phenoxy) is 1. The molecule has 0 radical (unpaired) electrons. The van der Waals surface area contributed by atoms with Gasteiger partial charge in [0.1, 0.15) is 11.5 Å². The van der Waals surface area contributed by atoms with Crippen LogP contribution in [-0.2, 0) is 4.79 Å². The number of amides is 1. The van der Waals surface area contributed by atoms with E-state index in [4.69, 9.17) is 4.74 Å². The molecular weight excluding hydrogens is 306 g/mol. The number of para-hydroxylation sites is 2. The van der Waals surface area contributed by atoms with Crippen molar-refractivity contribution in [2.75, 3.05) is 13.1 Å². The van der Waals surface area contributed by atoms with E-state index in [9.17, 15) is 14.7 Å². The molecule has 24 heavy (non-hydrogen) atoms. The summed E-state index contributed by atoms with van der Waals surface area (Å²) in [6.45, 7) is 0.816. The van der Waals surface area contributed by atoms with Gasteiger partial charge in [-0.2, -0.15) is 0 Å². The summed E-state index contributed by atoms with van der Waals surface area (Å²) in [5, 5.41) is 9.20. The van der Waals surface area contributed by atoms with Crippen molar-refractivity contribution in [2.24, 2.45) is 5.92 Å². The van der Waals surface area contributed by atoms with Crippen molar-refractivity contribution in [3.8, 4) is 11.5 Å². The van der Waals surface area contributed by atoms with Crippen molar-refractivity contribution < 1.29 is 19.4 Å². The van der Waals surface area contributed by atoms with Crippen LogP contribution in [0.1, 0.15) is 23.2 Å². The van der Waals surface area contributed by atoms with Crippen LogP contribution in [0.5, 0.6) is 11.5 Å². The van der Waals surface area contributed by atoms with Crippen LogP contribution in [0.3, 0.4) is 0 Å². The van der Waals surface area contributed by atoms with Crippen LogP contribution in [0.15, 0.2) is 54.6 Å². The molecule has 2 aromatic rings. The van der Waals surface area contributed by atoms with Crippen molar-refractivity contribution in [3.63, 3.8) is 0 Å². The number of rotatable bonds is 4. The Bertz CT molecular complexity index is 729. The number of carboxylic acids is 1. The van der Waals surface area contributed by atoms with E-state index in [1.165, 1.54) is 0 Å². The van der Waals surface area contributed by atoms with Crippen LogP contribution < -0.4 is 4.74 Å². The van der Waals surface area contributed by atoms with E-state index in [0.717, 1.165) is 0 Å². The summed E-state index contributed by atoms with van der Waals surface area (Å²) in [6.07, 6.45) is 1.31. The largest absolute Gasteiger partial charge is 0.481 e. The van der Waals surface area contributed by atoms with Gasteiger partial charge in [0.2, 0.25) is 0 Å². The summed E-state index contributed by atoms with van der Waals surface area (Å²) in [4.78, 5) is 25.6. The van der Waals surface area contributed by atoms with Crippen LogP contribution >= 0.6 is 0 Å². The lowest BCUT2D eigenvalue weighted by Crippen LogP contribution is -2.42. The van der Waals surface area contributed by atoms with E-state index in [1.807, 2.05) is 36.4 Å². The van der Waals surface area contributed by atoms with E-state index in [-0.39, 0.29) is 12.5 Å². The summed E-state index contributed by atoms with van der Waals surface area (Å²) in [5.41, 5.74) is 0.451. The first-order valence-electron chi connectivity index (χ1n) is 7.99. The lowest BCUT2D eigenvalue weighted by molar-refractivity contribution is -0.143. The number of carbonyl (C=O) groups excluding carboxylic acids is 1. The van der Waals surface area contributed by atoms with Gasteiger partial charge in [-0.1, -0.05) is 30.3 Å². The van der Waals surface area contributed by atoms with Gasteiger partial charge >= 0.3 is 5.97 Å². The number of hydrogen-bond donors (Lipinski definition) is 1. The second-order valence-corrected chi connectivity index (χ2v) is 5.84. The topological polar surface area (TPSA) is 66.8 Å². The lowest BCUT2D eigenvalue weighted by Gasteiger charge is -2.31. The summed E-state index contributed by atoms with van der Waals surface area (Å²) in [6, 6.07) is 16.3. The average Bonchev–Trinajstić information content (AvgIpc) is 2.62. The minimum atomic E-state index is -0.846. The Hall–Kier alpha value is -2.82. The summed E-state index contributed by atoms with van der Waals surface area (Å²) < 4.78 is 5.83. The molecule has 0 saturated carbocycles. The quantitative estimate of drug-likeness (QED) is 0.935. The Morgan fingerprint density at radius 2 is 1.75 bits per heavy atom. The van der Waals surface area contributed by atoms with E-state index >= 15 is 0 Å². The second kappa shape index (κ2) is 7.17. The number of benzene rings is 2.